The molecule has 8 heteroatoms. The fraction of sp³-hybridized carbons (Fsp3) is 0.409. The van der Waals surface area contributed by atoms with Gasteiger partial charge in [0.1, 0.15) is 5.82 Å². The molecule has 0 aliphatic carbocycles. The van der Waals surface area contributed by atoms with Gasteiger partial charge in [-0.1, -0.05) is 24.3 Å². The van der Waals surface area contributed by atoms with Crippen LogP contribution in [0.25, 0.3) is 0 Å². The summed E-state index contributed by atoms with van der Waals surface area (Å²) >= 11 is 0. The van der Waals surface area contributed by atoms with E-state index in [1.807, 2.05) is 30.9 Å². The van der Waals surface area contributed by atoms with Gasteiger partial charge in [-0.25, -0.2) is 12.8 Å². The van der Waals surface area contributed by atoms with Crippen LogP contribution >= 0.6 is 0 Å². The lowest BCUT2D eigenvalue weighted by Gasteiger charge is -2.37. The number of amides is 1. The number of benzene rings is 2. The molecule has 1 unspecified atom stereocenters. The Morgan fingerprint density at radius 3 is 2.33 bits per heavy atom. The van der Waals surface area contributed by atoms with Crippen molar-refractivity contribution in [2.45, 2.75) is 38.3 Å². The number of carbonyl (C=O) groups is 1. The van der Waals surface area contributed by atoms with Crippen LogP contribution in [0, 0.1) is 19.7 Å². The molecule has 1 aliphatic rings. The van der Waals surface area contributed by atoms with Gasteiger partial charge in [-0.15, -0.1) is 0 Å². The summed E-state index contributed by atoms with van der Waals surface area (Å²) in [5.41, 5.74) is 2.46. The number of carbonyl (C=O) groups excluding carboxylic acids is 1. The number of rotatable bonds is 6. The maximum absolute atomic E-state index is 13.1. The van der Waals surface area contributed by atoms with Crippen LogP contribution in [0.4, 0.5) is 4.39 Å². The summed E-state index contributed by atoms with van der Waals surface area (Å²) in [6.45, 7) is 7.46. The van der Waals surface area contributed by atoms with Gasteiger partial charge in [0.2, 0.25) is 15.9 Å². The van der Waals surface area contributed by atoms with Crippen LogP contribution in [0.2, 0.25) is 0 Å². The third-order valence-corrected chi connectivity index (χ3v) is 7.58. The van der Waals surface area contributed by atoms with Crippen molar-refractivity contribution in [1.82, 2.24) is 14.5 Å². The fourth-order valence-electron chi connectivity index (χ4n) is 3.56. The summed E-state index contributed by atoms with van der Waals surface area (Å²) in [5, 5.41) is 2.86. The Balaban J connectivity index is 1.57. The average molecular weight is 434 g/mol. The van der Waals surface area contributed by atoms with E-state index in [0.717, 1.165) is 16.7 Å². The molecule has 0 radical (unpaired) electrons. The third kappa shape index (κ3) is 5.06. The largest absolute Gasteiger partial charge is 0.351 e. The Hall–Kier alpha value is -2.29. The maximum Gasteiger partial charge on any atom is 0.243 e. The molecule has 1 aliphatic heterocycles. The molecule has 2 aromatic rings. The quantitative estimate of drug-likeness (QED) is 0.760. The molecule has 162 valence electrons. The molecule has 1 amide bonds. The highest BCUT2D eigenvalue weighted by Crippen LogP contribution is 2.23. The molecule has 0 saturated carbocycles. The summed E-state index contributed by atoms with van der Waals surface area (Å²) in [7, 11) is -3.56. The van der Waals surface area contributed by atoms with Crippen molar-refractivity contribution in [3.05, 3.63) is 65.0 Å². The highest BCUT2D eigenvalue weighted by molar-refractivity contribution is 7.89. The molecule has 6 nitrogen and oxygen atoms in total. The second-order valence-corrected chi connectivity index (χ2v) is 9.64. The van der Waals surface area contributed by atoms with E-state index in [1.54, 1.807) is 25.1 Å². The van der Waals surface area contributed by atoms with Crippen LogP contribution in [-0.2, 0) is 21.4 Å². The molecule has 1 N–H and O–H groups in total. The molecule has 1 saturated heterocycles. The first kappa shape index (κ1) is 22.4. The monoisotopic (exact) mass is 433 g/mol. The minimum absolute atomic E-state index is 0.134. The van der Waals surface area contributed by atoms with Gasteiger partial charge in [-0.3, -0.25) is 9.69 Å². The summed E-state index contributed by atoms with van der Waals surface area (Å²) < 4.78 is 40.6. The topological polar surface area (TPSA) is 69.7 Å². The van der Waals surface area contributed by atoms with Crippen LogP contribution in [0.15, 0.2) is 47.4 Å². The zero-order valence-electron chi connectivity index (χ0n) is 17.6. The summed E-state index contributed by atoms with van der Waals surface area (Å²) in [6.07, 6.45) is 0. The number of hydrogen-bond donors (Lipinski definition) is 1. The van der Waals surface area contributed by atoms with Crippen LogP contribution in [0.5, 0.6) is 0 Å². The van der Waals surface area contributed by atoms with Crippen LogP contribution in [0.1, 0.15) is 23.6 Å². The van der Waals surface area contributed by atoms with E-state index in [9.17, 15) is 17.6 Å². The Bertz CT molecular complexity index is 1000. The van der Waals surface area contributed by atoms with Crippen molar-refractivity contribution in [2.24, 2.45) is 0 Å². The molecule has 0 bridgehead atoms. The van der Waals surface area contributed by atoms with Gasteiger partial charge in [-0.05, 0) is 55.7 Å². The first-order valence-electron chi connectivity index (χ1n) is 10.0. The number of sulfonamides is 1. The second kappa shape index (κ2) is 9.24. The van der Waals surface area contributed by atoms with Crippen molar-refractivity contribution >= 4 is 15.9 Å². The van der Waals surface area contributed by atoms with Gasteiger partial charge >= 0.3 is 0 Å². The number of halogens is 1. The molecule has 0 spiro atoms. The standard InChI is InChI=1S/C22H28FN3O3S/c1-16-4-5-17(2)21(14-16)30(28,29)26-12-10-25(11-13-26)18(3)22(27)24-15-19-6-8-20(23)9-7-19/h4-9,14,18H,10-13,15H2,1-3H3,(H,24,27). The van der Waals surface area contributed by atoms with Crippen LogP contribution in [-0.4, -0.2) is 55.8 Å². The van der Waals surface area contributed by atoms with Crippen LogP contribution < -0.4 is 5.32 Å². The normalized spacial score (nSPS) is 16.9. The highest BCUT2D eigenvalue weighted by atomic mass is 32.2. The molecule has 30 heavy (non-hydrogen) atoms. The van der Waals surface area contributed by atoms with Crippen molar-refractivity contribution in [3.8, 4) is 0 Å². The van der Waals surface area contributed by atoms with Crippen molar-refractivity contribution in [2.75, 3.05) is 26.2 Å². The molecule has 2 aromatic carbocycles. The number of piperazine rings is 1. The molecule has 3 rings (SSSR count). The summed E-state index contributed by atoms with van der Waals surface area (Å²) in [6, 6.07) is 11.1. The summed E-state index contributed by atoms with van der Waals surface area (Å²) in [5.74, 6) is -0.447. The molecular weight excluding hydrogens is 405 g/mol. The second-order valence-electron chi connectivity index (χ2n) is 7.73. The van der Waals surface area contributed by atoms with Crippen molar-refractivity contribution < 1.29 is 17.6 Å². The van der Waals surface area contributed by atoms with E-state index in [-0.39, 0.29) is 17.8 Å². The third-order valence-electron chi connectivity index (χ3n) is 5.54. The van der Waals surface area contributed by atoms with E-state index in [2.05, 4.69) is 5.32 Å². The zero-order valence-corrected chi connectivity index (χ0v) is 18.4. The van der Waals surface area contributed by atoms with Gasteiger partial charge in [0.15, 0.2) is 0 Å². The number of nitrogens with zero attached hydrogens (tertiary/aromatic N) is 2. The lowest BCUT2D eigenvalue weighted by Crippen LogP contribution is -2.54. The lowest BCUT2D eigenvalue weighted by atomic mass is 10.2. The Kier molecular flexibility index (Phi) is 6.90. The van der Waals surface area contributed by atoms with Crippen molar-refractivity contribution in [3.63, 3.8) is 0 Å². The Labute approximate surface area is 177 Å². The number of nitrogens with one attached hydrogen (secondary N) is 1. The molecule has 1 fully saturated rings. The first-order chi connectivity index (χ1) is 14.2. The minimum atomic E-state index is -3.56. The van der Waals surface area contributed by atoms with E-state index in [1.165, 1.54) is 16.4 Å². The van der Waals surface area contributed by atoms with E-state index in [0.29, 0.717) is 37.6 Å². The Morgan fingerprint density at radius 1 is 1.07 bits per heavy atom. The highest BCUT2D eigenvalue weighted by Gasteiger charge is 2.32. The maximum atomic E-state index is 13.1. The number of hydrogen-bond acceptors (Lipinski definition) is 4. The van der Waals surface area contributed by atoms with Gasteiger partial charge in [0, 0.05) is 32.7 Å². The fourth-order valence-corrected chi connectivity index (χ4v) is 5.29. The van der Waals surface area contributed by atoms with E-state index < -0.39 is 10.0 Å². The smallest absolute Gasteiger partial charge is 0.243 e. The average Bonchev–Trinajstić information content (AvgIpc) is 2.74. The first-order valence-corrected chi connectivity index (χ1v) is 11.5. The molecular formula is C22H28FN3O3S. The zero-order chi connectivity index (χ0) is 21.9. The SMILES string of the molecule is Cc1ccc(C)c(S(=O)(=O)N2CCN(C(C)C(=O)NCc3ccc(F)cc3)CC2)c1. The molecule has 1 atom stereocenters. The van der Waals surface area contributed by atoms with Gasteiger partial charge < -0.3 is 5.32 Å². The minimum Gasteiger partial charge on any atom is -0.351 e. The van der Waals surface area contributed by atoms with Crippen molar-refractivity contribution in [1.29, 1.82) is 0 Å². The Morgan fingerprint density at radius 2 is 1.70 bits per heavy atom. The predicted molar refractivity (Wildman–Crippen MR) is 114 cm³/mol. The van der Waals surface area contributed by atoms with E-state index in [4.69, 9.17) is 0 Å². The predicted octanol–water partition coefficient (Wildman–Crippen LogP) is 2.45. The van der Waals surface area contributed by atoms with E-state index >= 15 is 0 Å². The van der Waals surface area contributed by atoms with Gasteiger partial charge in [0.25, 0.3) is 0 Å². The summed E-state index contributed by atoms with van der Waals surface area (Å²) in [4.78, 5) is 14.8. The molecule has 1 heterocycles. The molecule has 0 aromatic heterocycles. The lowest BCUT2D eigenvalue weighted by molar-refractivity contribution is -0.126. The van der Waals surface area contributed by atoms with Crippen LogP contribution in [0.3, 0.4) is 0 Å². The van der Waals surface area contributed by atoms with Gasteiger partial charge in [0.05, 0.1) is 10.9 Å². The van der Waals surface area contributed by atoms with Gasteiger partial charge in [-0.2, -0.15) is 4.31 Å². The number of aryl methyl sites for hydroxylation is 2.